The maximum Gasteiger partial charge on any atom is 0.252 e. The fourth-order valence-electron chi connectivity index (χ4n) is 2.08. The molecule has 0 atom stereocenters. The van der Waals surface area contributed by atoms with Gasteiger partial charge in [-0.25, -0.2) is 0 Å². The molecule has 2 aromatic rings. The molecule has 0 aromatic heterocycles. The largest absolute Gasteiger partial charge is 0.493 e. The zero-order valence-electron chi connectivity index (χ0n) is 13.4. The van der Waals surface area contributed by atoms with Crippen LogP contribution in [0.5, 0.6) is 23.0 Å². The van der Waals surface area contributed by atoms with Gasteiger partial charge in [0.15, 0.2) is 23.0 Å². The summed E-state index contributed by atoms with van der Waals surface area (Å²) in [7, 11) is 1.57. The second-order valence-electron chi connectivity index (χ2n) is 4.95. The molecule has 2 N–H and O–H groups in total. The van der Waals surface area contributed by atoms with Gasteiger partial charge in [-0.3, -0.25) is 4.79 Å². The van der Waals surface area contributed by atoms with E-state index < -0.39 is 5.91 Å². The lowest BCUT2D eigenvalue weighted by Gasteiger charge is -2.16. The molecule has 0 saturated carbocycles. The van der Waals surface area contributed by atoms with E-state index in [1.165, 1.54) is 0 Å². The molecular weight excluding hydrogens is 294 g/mol. The Kier molecular flexibility index (Phi) is 5.86. The Morgan fingerprint density at radius 3 is 2.39 bits per heavy atom. The van der Waals surface area contributed by atoms with Crippen LogP contribution in [-0.2, 0) is 0 Å². The maximum atomic E-state index is 11.6. The molecule has 122 valence electrons. The molecule has 0 aliphatic heterocycles. The van der Waals surface area contributed by atoms with E-state index in [1.54, 1.807) is 37.4 Å². The first kappa shape index (κ1) is 16.7. The van der Waals surface area contributed by atoms with Crippen LogP contribution < -0.4 is 19.9 Å². The van der Waals surface area contributed by atoms with Gasteiger partial charge in [0.1, 0.15) is 0 Å². The molecule has 2 aromatic carbocycles. The van der Waals surface area contributed by atoms with E-state index in [-0.39, 0.29) is 0 Å². The predicted molar refractivity (Wildman–Crippen MR) is 88.4 cm³/mol. The first-order valence-electron chi connectivity index (χ1n) is 7.53. The van der Waals surface area contributed by atoms with Crippen molar-refractivity contribution in [1.82, 2.24) is 0 Å². The zero-order valence-corrected chi connectivity index (χ0v) is 13.4. The van der Waals surface area contributed by atoms with Gasteiger partial charge in [0, 0.05) is 0 Å². The summed E-state index contributed by atoms with van der Waals surface area (Å²) in [5.74, 6) is 1.37. The van der Waals surface area contributed by atoms with E-state index >= 15 is 0 Å². The monoisotopic (exact) mass is 315 g/mol. The number of rotatable bonds is 8. The van der Waals surface area contributed by atoms with Gasteiger partial charge in [0.25, 0.3) is 5.91 Å². The number of ether oxygens (including phenoxy) is 3. The highest BCUT2D eigenvalue weighted by molar-refractivity contribution is 5.96. The van der Waals surface area contributed by atoms with E-state index in [0.717, 1.165) is 12.8 Å². The quantitative estimate of drug-likeness (QED) is 0.753. The number of unbranched alkanes of at least 4 members (excludes halogenated alkanes) is 1. The van der Waals surface area contributed by atoms with Crippen LogP contribution in [0.2, 0.25) is 0 Å². The lowest BCUT2D eigenvalue weighted by atomic mass is 10.1. The van der Waals surface area contributed by atoms with Crippen molar-refractivity contribution in [3.63, 3.8) is 0 Å². The summed E-state index contributed by atoms with van der Waals surface area (Å²) in [4.78, 5) is 11.6. The molecule has 5 nitrogen and oxygen atoms in total. The summed E-state index contributed by atoms with van der Waals surface area (Å²) >= 11 is 0. The molecule has 0 aliphatic rings. The molecule has 2 rings (SSSR count). The molecule has 0 heterocycles. The standard InChI is InChI=1S/C18H21NO4/c1-3-4-12-22-17-13(18(19)20)8-7-11-16(17)23-15-10-6-5-9-14(15)21-2/h5-11H,3-4,12H2,1-2H3,(H2,19,20). The minimum Gasteiger partial charge on any atom is -0.493 e. The average molecular weight is 315 g/mol. The zero-order chi connectivity index (χ0) is 16.7. The Hall–Kier alpha value is -2.69. The van der Waals surface area contributed by atoms with Crippen molar-refractivity contribution < 1.29 is 19.0 Å². The van der Waals surface area contributed by atoms with Gasteiger partial charge in [0.2, 0.25) is 0 Å². The van der Waals surface area contributed by atoms with Crippen molar-refractivity contribution >= 4 is 5.91 Å². The van der Waals surface area contributed by atoms with Gasteiger partial charge >= 0.3 is 0 Å². The third-order valence-electron chi connectivity index (χ3n) is 3.28. The van der Waals surface area contributed by atoms with E-state index in [9.17, 15) is 4.79 Å². The molecule has 0 fully saturated rings. The summed E-state index contributed by atoms with van der Waals surface area (Å²) in [6.07, 6.45) is 1.86. The highest BCUT2D eigenvalue weighted by atomic mass is 16.5. The molecule has 5 heteroatoms. The first-order chi connectivity index (χ1) is 11.2. The summed E-state index contributed by atoms with van der Waals surface area (Å²) in [6, 6.07) is 12.3. The highest BCUT2D eigenvalue weighted by Gasteiger charge is 2.17. The van der Waals surface area contributed by atoms with Crippen LogP contribution in [0.1, 0.15) is 30.1 Å². The number of para-hydroxylation sites is 3. The van der Waals surface area contributed by atoms with Crippen molar-refractivity contribution in [3.05, 3.63) is 48.0 Å². The van der Waals surface area contributed by atoms with Crippen molar-refractivity contribution in [2.75, 3.05) is 13.7 Å². The molecule has 0 radical (unpaired) electrons. The number of hydrogen-bond donors (Lipinski definition) is 1. The van der Waals surface area contributed by atoms with Crippen LogP contribution in [0, 0.1) is 0 Å². The van der Waals surface area contributed by atoms with Crippen LogP contribution in [0.25, 0.3) is 0 Å². The number of hydrogen-bond acceptors (Lipinski definition) is 4. The number of methoxy groups -OCH3 is 1. The third kappa shape index (κ3) is 4.16. The molecule has 0 saturated heterocycles. The number of carbonyl (C=O) groups excluding carboxylic acids is 1. The molecule has 0 aliphatic carbocycles. The highest BCUT2D eigenvalue weighted by Crippen LogP contribution is 2.38. The van der Waals surface area contributed by atoms with Crippen LogP contribution in [-0.4, -0.2) is 19.6 Å². The van der Waals surface area contributed by atoms with E-state index in [2.05, 4.69) is 6.92 Å². The summed E-state index contributed by atoms with van der Waals surface area (Å²) in [5, 5.41) is 0. The Morgan fingerprint density at radius 2 is 1.74 bits per heavy atom. The summed E-state index contributed by atoms with van der Waals surface area (Å²) in [5.41, 5.74) is 5.74. The summed E-state index contributed by atoms with van der Waals surface area (Å²) < 4.78 is 16.9. The first-order valence-corrected chi connectivity index (χ1v) is 7.53. The third-order valence-corrected chi connectivity index (χ3v) is 3.28. The number of nitrogens with two attached hydrogens (primary N) is 1. The fraction of sp³-hybridized carbons (Fsp3) is 0.278. The Labute approximate surface area is 136 Å². The van der Waals surface area contributed by atoms with Gasteiger partial charge < -0.3 is 19.9 Å². The molecule has 0 bridgehead atoms. The number of primary amides is 1. The predicted octanol–water partition coefficient (Wildman–Crippen LogP) is 3.77. The Morgan fingerprint density at radius 1 is 1.04 bits per heavy atom. The SMILES string of the molecule is CCCCOc1c(Oc2ccccc2OC)cccc1C(N)=O. The molecular formula is C18H21NO4. The Balaban J connectivity index is 2.36. The number of carbonyl (C=O) groups is 1. The second kappa shape index (κ2) is 8.08. The molecule has 0 unspecified atom stereocenters. The summed E-state index contributed by atoms with van der Waals surface area (Å²) in [6.45, 7) is 2.55. The second-order valence-corrected chi connectivity index (χ2v) is 4.95. The van der Waals surface area contributed by atoms with Crippen molar-refractivity contribution in [1.29, 1.82) is 0 Å². The minimum atomic E-state index is -0.554. The van der Waals surface area contributed by atoms with Crippen LogP contribution in [0.15, 0.2) is 42.5 Å². The molecule has 1 amide bonds. The normalized spacial score (nSPS) is 10.2. The lowest BCUT2D eigenvalue weighted by Crippen LogP contribution is -2.14. The Bertz CT molecular complexity index is 670. The van der Waals surface area contributed by atoms with Gasteiger partial charge in [-0.1, -0.05) is 31.5 Å². The van der Waals surface area contributed by atoms with Crippen LogP contribution in [0.4, 0.5) is 0 Å². The van der Waals surface area contributed by atoms with Gasteiger partial charge in [-0.15, -0.1) is 0 Å². The van der Waals surface area contributed by atoms with E-state index in [1.807, 2.05) is 12.1 Å². The van der Waals surface area contributed by atoms with Gasteiger partial charge in [-0.2, -0.15) is 0 Å². The van der Waals surface area contributed by atoms with Crippen molar-refractivity contribution in [2.24, 2.45) is 5.73 Å². The smallest absolute Gasteiger partial charge is 0.252 e. The van der Waals surface area contributed by atoms with Crippen LogP contribution in [0.3, 0.4) is 0 Å². The lowest BCUT2D eigenvalue weighted by molar-refractivity contribution is 0.0995. The van der Waals surface area contributed by atoms with Crippen LogP contribution >= 0.6 is 0 Å². The van der Waals surface area contributed by atoms with Gasteiger partial charge in [-0.05, 0) is 30.7 Å². The van der Waals surface area contributed by atoms with Crippen molar-refractivity contribution in [3.8, 4) is 23.0 Å². The molecule has 0 spiro atoms. The maximum absolute atomic E-state index is 11.6. The average Bonchev–Trinajstić information content (AvgIpc) is 2.56. The van der Waals surface area contributed by atoms with E-state index in [4.69, 9.17) is 19.9 Å². The topological polar surface area (TPSA) is 70.8 Å². The molecule has 23 heavy (non-hydrogen) atoms. The number of benzene rings is 2. The van der Waals surface area contributed by atoms with Crippen molar-refractivity contribution in [2.45, 2.75) is 19.8 Å². The minimum absolute atomic E-state index is 0.300. The van der Waals surface area contributed by atoms with E-state index in [0.29, 0.717) is 35.2 Å². The fourth-order valence-corrected chi connectivity index (χ4v) is 2.08. The number of amides is 1. The van der Waals surface area contributed by atoms with Gasteiger partial charge in [0.05, 0.1) is 19.3 Å².